The fourth-order valence-electron chi connectivity index (χ4n) is 1.71. The second-order valence-electron chi connectivity index (χ2n) is 3.83. The summed E-state index contributed by atoms with van der Waals surface area (Å²) in [5, 5.41) is 0.832. The zero-order valence-electron chi connectivity index (χ0n) is 8.97. The van der Waals surface area contributed by atoms with Gasteiger partial charge in [-0.25, -0.2) is 0 Å². The third-order valence-electron chi connectivity index (χ3n) is 2.55. The van der Waals surface area contributed by atoms with Crippen LogP contribution in [0.25, 0.3) is 0 Å². The SMILES string of the molecule is CCCC(CN)Cc1ccc(Br)cc1Cl. The van der Waals surface area contributed by atoms with Crippen LogP contribution in [0.1, 0.15) is 25.3 Å². The molecule has 0 saturated carbocycles. The molecule has 0 aliphatic heterocycles. The standard InChI is InChI=1S/C12H17BrClN/c1-2-3-9(8-15)6-10-4-5-11(13)7-12(10)14/h4-5,7,9H,2-3,6,8,15H2,1H3. The maximum Gasteiger partial charge on any atom is 0.0449 e. The lowest BCUT2D eigenvalue weighted by Crippen LogP contribution is -2.16. The van der Waals surface area contributed by atoms with Gasteiger partial charge in [-0.05, 0) is 43.0 Å². The van der Waals surface area contributed by atoms with Gasteiger partial charge in [0.2, 0.25) is 0 Å². The van der Waals surface area contributed by atoms with Gasteiger partial charge in [-0.3, -0.25) is 0 Å². The fourth-order valence-corrected chi connectivity index (χ4v) is 2.46. The molecule has 0 fully saturated rings. The van der Waals surface area contributed by atoms with Crippen molar-refractivity contribution in [3.05, 3.63) is 33.3 Å². The summed E-state index contributed by atoms with van der Waals surface area (Å²) in [5.74, 6) is 0.550. The molecule has 0 aliphatic rings. The van der Waals surface area contributed by atoms with Gasteiger partial charge < -0.3 is 5.73 Å². The van der Waals surface area contributed by atoms with E-state index in [0.717, 1.165) is 22.5 Å². The van der Waals surface area contributed by atoms with Crippen LogP contribution in [0.15, 0.2) is 22.7 Å². The topological polar surface area (TPSA) is 26.0 Å². The molecule has 1 aromatic carbocycles. The first-order valence-electron chi connectivity index (χ1n) is 5.31. The van der Waals surface area contributed by atoms with Gasteiger partial charge in [-0.15, -0.1) is 0 Å². The van der Waals surface area contributed by atoms with E-state index in [1.807, 2.05) is 12.1 Å². The van der Waals surface area contributed by atoms with E-state index in [1.165, 1.54) is 18.4 Å². The van der Waals surface area contributed by atoms with Crippen molar-refractivity contribution in [1.82, 2.24) is 0 Å². The van der Waals surface area contributed by atoms with Crippen LogP contribution in [0.3, 0.4) is 0 Å². The minimum atomic E-state index is 0.550. The summed E-state index contributed by atoms with van der Waals surface area (Å²) in [5.41, 5.74) is 6.93. The second kappa shape index (κ2) is 6.51. The lowest BCUT2D eigenvalue weighted by Gasteiger charge is -2.14. The van der Waals surface area contributed by atoms with Crippen molar-refractivity contribution in [2.75, 3.05) is 6.54 Å². The predicted molar refractivity (Wildman–Crippen MR) is 70.3 cm³/mol. The monoisotopic (exact) mass is 289 g/mol. The van der Waals surface area contributed by atoms with Crippen molar-refractivity contribution in [2.45, 2.75) is 26.2 Å². The molecule has 0 heterocycles. The Hall–Kier alpha value is -0.0500. The molecule has 0 radical (unpaired) electrons. The molecule has 0 saturated heterocycles. The van der Waals surface area contributed by atoms with Crippen molar-refractivity contribution >= 4 is 27.5 Å². The predicted octanol–water partition coefficient (Wildman–Crippen LogP) is 4.02. The molecular weight excluding hydrogens is 273 g/mol. The molecule has 3 heteroatoms. The first-order chi connectivity index (χ1) is 7.17. The Bertz CT molecular complexity index is 314. The second-order valence-corrected chi connectivity index (χ2v) is 5.15. The van der Waals surface area contributed by atoms with E-state index >= 15 is 0 Å². The molecule has 15 heavy (non-hydrogen) atoms. The molecule has 1 unspecified atom stereocenters. The van der Waals surface area contributed by atoms with Crippen LogP contribution in [-0.4, -0.2) is 6.54 Å². The highest BCUT2D eigenvalue weighted by Crippen LogP contribution is 2.24. The summed E-state index contributed by atoms with van der Waals surface area (Å²) in [6.45, 7) is 2.92. The summed E-state index contributed by atoms with van der Waals surface area (Å²) >= 11 is 9.56. The smallest absolute Gasteiger partial charge is 0.0449 e. The van der Waals surface area contributed by atoms with Crippen LogP contribution in [-0.2, 0) is 6.42 Å². The minimum absolute atomic E-state index is 0.550. The molecule has 84 valence electrons. The van der Waals surface area contributed by atoms with E-state index in [-0.39, 0.29) is 0 Å². The average Bonchev–Trinajstić information content (AvgIpc) is 2.21. The summed E-state index contributed by atoms with van der Waals surface area (Å²) < 4.78 is 1.02. The van der Waals surface area contributed by atoms with Gasteiger partial charge >= 0.3 is 0 Å². The van der Waals surface area contributed by atoms with E-state index in [9.17, 15) is 0 Å². The normalized spacial score (nSPS) is 12.8. The third kappa shape index (κ3) is 4.13. The van der Waals surface area contributed by atoms with Crippen LogP contribution >= 0.6 is 27.5 Å². The van der Waals surface area contributed by atoms with Gasteiger partial charge in [0, 0.05) is 9.50 Å². The number of halogens is 2. The van der Waals surface area contributed by atoms with Crippen LogP contribution in [0, 0.1) is 5.92 Å². The van der Waals surface area contributed by atoms with Gasteiger partial charge in [0.25, 0.3) is 0 Å². The maximum atomic E-state index is 6.16. The summed E-state index contributed by atoms with van der Waals surface area (Å²) in [7, 11) is 0. The van der Waals surface area contributed by atoms with Gasteiger partial charge in [0.15, 0.2) is 0 Å². The highest BCUT2D eigenvalue weighted by Gasteiger charge is 2.09. The summed E-state index contributed by atoms with van der Waals surface area (Å²) in [6.07, 6.45) is 3.33. The fraction of sp³-hybridized carbons (Fsp3) is 0.500. The highest BCUT2D eigenvalue weighted by atomic mass is 79.9. The Morgan fingerprint density at radius 2 is 2.20 bits per heavy atom. The van der Waals surface area contributed by atoms with E-state index in [0.29, 0.717) is 5.92 Å². The first kappa shape index (κ1) is 13.0. The lowest BCUT2D eigenvalue weighted by atomic mass is 9.95. The molecule has 0 aliphatic carbocycles. The quantitative estimate of drug-likeness (QED) is 0.871. The Labute approximate surface area is 105 Å². The first-order valence-corrected chi connectivity index (χ1v) is 6.48. The largest absolute Gasteiger partial charge is 0.330 e. The molecule has 1 nitrogen and oxygen atoms in total. The van der Waals surface area contributed by atoms with E-state index < -0.39 is 0 Å². The van der Waals surface area contributed by atoms with Crippen molar-refractivity contribution in [1.29, 1.82) is 0 Å². The summed E-state index contributed by atoms with van der Waals surface area (Å²) in [6, 6.07) is 6.04. The van der Waals surface area contributed by atoms with E-state index in [4.69, 9.17) is 17.3 Å². The summed E-state index contributed by atoms with van der Waals surface area (Å²) in [4.78, 5) is 0. The Morgan fingerprint density at radius 1 is 1.47 bits per heavy atom. The molecule has 0 bridgehead atoms. The van der Waals surface area contributed by atoms with Crippen LogP contribution in [0.2, 0.25) is 5.02 Å². The molecule has 0 amide bonds. The van der Waals surface area contributed by atoms with Gasteiger partial charge in [0.1, 0.15) is 0 Å². The number of rotatable bonds is 5. The molecule has 0 spiro atoms. The lowest BCUT2D eigenvalue weighted by molar-refractivity contribution is 0.487. The van der Waals surface area contributed by atoms with Gasteiger partial charge in [0.05, 0.1) is 0 Å². The number of hydrogen-bond acceptors (Lipinski definition) is 1. The molecule has 0 aromatic heterocycles. The number of benzene rings is 1. The minimum Gasteiger partial charge on any atom is -0.330 e. The average molecular weight is 291 g/mol. The van der Waals surface area contributed by atoms with E-state index in [2.05, 4.69) is 28.9 Å². The number of hydrogen-bond donors (Lipinski definition) is 1. The van der Waals surface area contributed by atoms with E-state index in [1.54, 1.807) is 0 Å². The van der Waals surface area contributed by atoms with Crippen LogP contribution in [0.5, 0.6) is 0 Å². The van der Waals surface area contributed by atoms with Crippen LogP contribution < -0.4 is 5.73 Å². The molecular formula is C12H17BrClN. The van der Waals surface area contributed by atoms with Crippen molar-refractivity contribution in [3.8, 4) is 0 Å². The zero-order valence-corrected chi connectivity index (χ0v) is 11.3. The molecule has 2 N–H and O–H groups in total. The van der Waals surface area contributed by atoms with Crippen molar-refractivity contribution in [2.24, 2.45) is 11.7 Å². The molecule has 1 rings (SSSR count). The van der Waals surface area contributed by atoms with Crippen molar-refractivity contribution < 1.29 is 0 Å². The molecule has 1 atom stereocenters. The number of nitrogens with two attached hydrogens (primary N) is 1. The molecule has 1 aromatic rings. The van der Waals surface area contributed by atoms with Gasteiger partial charge in [-0.2, -0.15) is 0 Å². The van der Waals surface area contributed by atoms with Crippen LogP contribution in [0.4, 0.5) is 0 Å². The third-order valence-corrected chi connectivity index (χ3v) is 3.40. The Kier molecular flexibility index (Phi) is 5.65. The Morgan fingerprint density at radius 3 is 2.73 bits per heavy atom. The Balaban J connectivity index is 2.70. The zero-order chi connectivity index (χ0) is 11.3. The van der Waals surface area contributed by atoms with Gasteiger partial charge in [-0.1, -0.05) is 46.9 Å². The highest BCUT2D eigenvalue weighted by molar-refractivity contribution is 9.10. The maximum absolute atomic E-state index is 6.16. The van der Waals surface area contributed by atoms with Crippen molar-refractivity contribution in [3.63, 3.8) is 0 Å².